The molecule has 0 aliphatic heterocycles. The van der Waals surface area contributed by atoms with E-state index in [2.05, 4.69) is 58.6 Å². The number of carbonyl (C=O) groups is 1. The Balaban J connectivity index is 2.11. The van der Waals surface area contributed by atoms with E-state index < -0.39 is 8.32 Å². The molecule has 3 atom stereocenters. The lowest BCUT2D eigenvalue weighted by atomic mass is 9.63. The van der Waals surface area contributed by atoms with Crippen molar-refractivity contribution >= 4 is 14.8 Å². The standard InChI is InChI=1S/C21H30O3Si/c1-15-11-12-21(24-25(5,6)20(2,3)4)13-17(15)19(23-14-22)16-9-7-8-10-18(16)21/h7-10,14,17,19H,1,11-13H2,2-6H3/t17-,19-,21+/m1/s1. The molecule has 0 spiro atoms. The van der Waals surface area contributed by atoms with Crippen LogP contribution in [0, 0.1) is 5.92 Å². The predicted molar refractivity (Wildman–Crippen MR) is 103 cm³/mol. The Morgan fingerprint density at radius 2 is 1.96 bits per heavy atom. The van der Waals surface area contributed by atoms with Gasteiger partial charge in [0.05, 0.1) is 5.60 Å². The first-order chi connectivity index (χ1) is 11.6. The van der Waals surface area contributed by atoms with Crippen LogP contribution < -0.4 is 0 Å². The van der Waals surface area contributed by atoms with Crippen molar-refractivity contribution in [3.05, 3.63) is 47.5 Å². The molecule has 0 saturated heterocycles. The van der Waals surface area contributed by atoms with E-state index in [4.69, 9.17) is 9.16 Å². The summed E-state index contributed by atoms with van der Waals surface area (Å²) < 4.78 is 12.6. The highest BCUT2D eigenvalue weighted by Gasteiger charge is 2.53. The van der Waals surface area contributed by atoms with Crippen LogP contribution in [0.2, 0.25) is 18.1 Å². The topological polar surface area (TPSA) is 35.5 Å². The van der Waals surface area contributed by atoms with Crippen LogP contribution in [0.15, 0.2) is 36.4 Å². The molecule has 0 aromatic heterocycles. The number of fused-ring (bicyclic) bond motifs is 4. The fourth-order valence-electron chi connectivity index (χ4n) is 4.11. The van der Waals surface area contributed by atoms with Crippen molar-refractivity contribution in [2.75, 3.05) is 0 Å². The summed E-state index contributed by atoms with van der Waals surface area (Å²) in [6.07, 6.45) is 2.50. The van der Waals surface area contributed by atoms with Gasteiger partial charge in [0, 0.05) is 5.92 Å². The summed E-state index contributed by atoms with van der Waals surface area (Å²) in [4.78, 5) is 11.1. The van der Waals surface area contributed by atoms with Crippen LogP contribution in [0.1, 0.15) is 57.3 Å². The van der Waals surface area contributed by atoms with E-state index in [1.165, 1.54) is 11.1 Å². The molecule has 0 heterocycles. The molecule has 136 valence electrons. The molecule has 0 radical (unpaired) electrons. The summed E-state index contributed by atoms with van der Waals surface area (Å²) in [7, 11) is -1.95. The minimum absolute atomic E-state index is 0.138. The molecule has 1 saturated carbocycles. The van der Waals surface area contributed by atoms with Gasteiger partial charge in [0.15, 0.2) is 8.32 Å². The van der Waals surface area contributed by atoms with Gasteiger partial charge in [-0.05, 0) is 48.5 Å². The first-order valence-electron chi connectivity index (χ1n) is 9.18. The van der Waals surface area contributed by atoms with Crippen molar-refractivity contribution in [1.82, 2.24) is 0 Å². The quantitative estimate of drug-likeness (QED) is 0.406. The predicted octanol–water partition coefficient (Wildman–Crippen LogP) is 5.49. The Kier molecular flexibility index (Phi) is 4.49. The zero-order valence-electron chi connectivity index (χ0n) is 16.1. The summed E-state index contributed by atoms with van der Waals surface area (Å²) in [5.74, 6) is 0.138. The Labute approximate surface area is 152 Å². The number of ether oxygens (including phenoxy) is 1. The zero-order chi connectivity index (χ0) is 18.5. The van der Waals surface area contributed by atoms with E-state index in [1.807, 2.05) is 6.07 Å². The average molecular weight is 359 g/mol. The number of rotatable bonds is 4. The Morgan fingerprint density at radius 1 is 1.28 bits per heavy atom. The summed E-state index contributed by atoms with van der Waals surface area (Å²) >= 11 is 0. The van der Waals surface area contributed by atoms with Crippen molar-refractivity contribution in [3.63, 3.8) is 0 Å². The number of hydrogen-bond donors (Lipinski definition) is 0. The van der Waals surface area contributed by atoms with Crippen molar-refractivity contribution in [2.24, 2.45) is 5.92 Å². The molecule has 2 bridgehead atoms. The molecule has 0 N–H and O–H groups in total. The summed E-state index contributed by atoms with van der Waals surface area (Å²) in [6.45, 7) is 16.3. The largest absolute Gasteiger partial charge is 0.459 e. The third kappa shape index (κ3) is 3.00. The van der Waals surface area contributed by atoms with Gasteiger partial charge in [-0.3, -0.25) is 4.79 Å². The minimum Gasteiger partial charge on any atom is -0.459 e. The average Bonchev–Trinajstić information content (AvgIpc) is 2.53. The zero-order valence-corrected chi connectivity index (χ0v) is 17.1. The van der Waals surface area contributed by atoms with Crippen LogP contribution in [-0.4, -0.2) is 14.8 Å². The van der Waals surface area contributed by atoms with Crippen LogP contribution in [-0.2, 0) is 19.6 Å². The lowest BCUT2D eigenvalue weighted by molar-refractivity contribution is -0.140. The summed E-state index contributed by atoms with van der Waals surface area (Å²) in [6, 6.07) is 8.33. The van der Waals surface area contributed by atoms with E-state index >= 15 is 0 Å². The molecule has 3 nitrogen and oxygen atoms in total. The highest BCUT2D eigenvalue weighted by Crippen LogP contribution is 2.57. The fraction of sp³-hybridized carbons (Fsp3) is 0.571. The van der Waals surface area contributed by atoms with Crippen LogP contribution in [0.25, 0.3) is 0 Å². The van der Waals surface area contributed by atoms with Crippen molar-refractivity contribution < 1.29 is 14.0 Å². The van der Waals surface area contributed by atoms with Gasteiger partial charge in [0.25, 0.3) is 6.47 Å². The molecule has 3 rings (SSSR count). The Hall–Kier alpha value is -1.39. The minimum atomic E-state index is -1.95. The van der Waals surface area contributed by atoms with Crippen LogP contribution >= 0.6 is 0 Å². The van der Waals surface area contributed by atoms with Crippen molar-refractivity contribution in [3.8, 4) is 0 Å². The van der Waals surface area contributed by atoms with Crippen LogP contribution in [0.3, 0.4) is 0 Å². The maximum absolute atomic E-state index is 11.1. The maximum atomic E-state index is 11.1. The molecule has 1 fully saturated rings. The Morgan fingerprint density at radius 3 is 2.60 bits per heavy atom. The van der Waals surface area contributed by atoms with Gasteiger partial charge in [-0.15, -0.1) is 0 Å². The third-order valence-electron chi connectivity index (χ3n) is 6.51. The molecular weight excluding hydrogens is 328 g/mol. The van der Waals surface area contributed by atoms with Crippen LogP contribution in [0.4, 0.5) is 0 Å². The highest BCUT2D eigenvalue weighted by molar-refractivity contribution is 6.74. The van der Waals surface area contributed by atoms with Gasteiger partial charge in [-0.2, -0.15) is 0 Å². The van der Waals surface area contributed by atoms with E-state index in [-0.39, 0.29) is 22.7 Å². The van der Waals surface area contributed by atoms with Crippen LogP contribution in [0.5, 0.6) is 0 Å². The fourth-order valence-corrected chi connectivity index (χ4v) is 5.69. The smallest absolute Gasteiger partial charge is 0.293 e. The molecule has 4 heteroatoms. The molecule has 2 aliphatic carbocycles. The van der Waals surface area contributed by atoms with E-state index in [0.29, 0.717) is 6.47 Å². The number of hydrogen-bond acceptors (Lipinski definition) is 3. The van der Waals surface area contributed by atoms with Crippen molar-refractivity contribution in [1.29, 1.82) is 0 Å². The maximum Gasteiger partial charge on any atom is 0.293 e. The summed E-state index contributed by atoms with van der Waals surface area (Å²) in [5, 5.41) is 0.150. The molecule has 1 aromatic rings. The van der Waals surface area contributed by atoms with Crippen molar-refractivity contribution in [2.45, 2.75) is 69.9 Å². The molecule has 25 heavy (non-hydrogen) atoms. The molecule has 0 unspecified atom stereocenters. The first kappa shape index (κ1) is 18.4. The molecule has 1 aromatic carbocycles. The highest BCUT2D eigenvalue weighted by atomic mass is 28.4. The lowest BCUT2D eigenvalue weighted by Crippen LogP contribution is -2.53. The molecule has 0 amide bonds. The number of carbonyl (C=O) groups excluding carboxylic acids is 1. The third-order valence-corrected chi connectivity index (χ3v) is 11.0. The Bertz CT molecular complexity index is 689. The van der Waals surface area contributed by atoms with Gasteiger partial charge in [-0.25, -0.2) is 0 Å². The second-order valence-electron chi connectivity index (χ2n) is 9.07. The van der Waals surface area contributed by atoms with Gasteiger partial charge in [-0.1, -0.05) is 57.2 Å². The monoisotopic (exact) mass is 358 g/mol. The van der Waals surface area contributed by atoms with E-state index in [1.54, 1.807) is 0 Å². The SMILES string of the molecule is C=C1CC[C@]2(O[Si](C)(C)C(C)(C)C)C[C@H]1[C@H](OC=O)c1ccccc12. The van der Waals surface area contributed by atoms with Gasteiger partial charge in [0.1, 0.15) is 6.10 Å². The number of benzene rings is 1. The van der Waals surface area contributed by atoms with E-state index in [9.17, 15) is 4.79 Å². The molecule has 2 aliphatic rings. The van der Waals surface area contributed by atoms with E-state index in [0.717, 1.165) is 24.8 Å². The van der Waals surface area contributed by atoms with Gasteiger partial charge in [0.2, 0.25) is 0 Å². The molecular formula is C21H30O3Si. The first-order valence-corrected chi connectivity index (χ1v) is 12.1. The lowest BCUT2D eigenvalue weighted by Gasteiger charge is -2.54. The second-order valence-corrected chi connectivity index (χ2v) is 13.8. The van der Waals surface area contributed by atoms with Gasteiger partial charge < -0.3 is 9.16 Å². The summed E-state index contributed by atoms with van der Waals surface area (Å²) in [5.41, 5.74) is 3.19. The normalized spacial score (nSPS) is 29.1. The van der Waals surface area contributed by atoms with Gasteiger partial charge >= 0.3 is 0 Å². The second kappa shape index (κ2) is 6.10.